The molecule has 0 atom stereocenters. The second-order valence-electron chi connectivity index (χ2n) is 16.8. The Balaban J connectivity index is 1.08. The first kappa shape index (κ1) is 43.0. The predicted octanol–water partition coefficient (Wildman–Crippen LogP) is 15.0. The van der Waals surface area contributed by atoms with Crippen molar-refractivity contribution in [1.82, 2.24) is 14.5 Å². The van der Waals surface area contributed by atoms with E-state index in [9.17, 15) is 21.0 Å². The van der Waals surface area contributed by atoms with Crippen LogP contribution in [0.5, 0.6) is 0 Å². The average molecular weight is 908 g/mol. The Morgan fingerprint density at radius 1 is 0.324 bits per heavy atom. The molecule has 0 aliphatic heterocycles. The van der Waals surface area contributed by atoms with Gasteiger partial charge in [-0.2, -0.15) is 21.0 Å². The molecule has 9 nitrogen and oxygen atoms in total. The number of hydrogen-bond donors (Lipinski definition) is 0. The minimum Gasteiger partial charge on any atom is -0.310 e. The van der Waals surface area contributed by atoms with E-state index in [1.54, 1.807) is 24.3 Å². The zero-order valence-electron chi connectivity index (χ0n) is 37.9. The number of nitriles is 4. The van der Waals surface area contributed by atoms with E-state index in [2.05, 4.69) is 148 Å². The molecular weight excluding hydrogens is 871 g/mol. The summed E-state index contributed by atoms with van der Waals surface area (Å²) in [6, 6.07) is 82.7. The van der Waals surface area contributed by atoms with Crippen molar-refractivity contribution in [2.24, 2.45) is 0 Å². The number of hydrogen-bond acceptors (Lipinski definition) is 8. The summed E-state index contributed by atoms with van der Waals surface area (Å²) in [5.74, 6) is 0.514. The second kappa shape index (κ2) is 18.6. The number of fused-ring (bicyclic) bond motifs is 3. The lowest BCUT2D eigenvalue weighted by atomic mass is 10.0. The van der Waals surface area contributed by atoms with Gasteiger partial charge in [0.2, 0.25) is 0 Å². The number of para-hydroxylation sites is 2. The smallest absolute Gasteiger partial charge is 0.160 e. The van der Waals surface area contributed by atoms with E-state index in [-0.39, 0.29) is 0 Å². The molecule has 11 aromatic rings. The summed E-state index contributed by atoms with van der Waals surface area (Å²) in [7, 11) is 0. The zero-order chi connectivity index (χ0) is 48.3. The van der Waals surface area contributed by atoms with Gasteiger partial charge in [0.05, 0.1) is 69.0 Å². The summed E-state index contributed by atoms with van der Waals surface area (Å²) in [4.78, 5) is 14.4. The zero-order valence-corrected chi connectivity index (χ0v) is 37.9. The lowest BCUT2D eigenvalue weighted by Gasteiger charge is -2.26. The molecule has 0 amide bonds. The molecule has 0 fully saturated rings. The molecule has 11 rings (SSSR count). The summed E-state index contributed by atoms with van der Waals surface area (Å²) in [6.45, 7) is 0. The fraction of sp³-hybridized carbons (Fsp3) is 0. The van der Waals surface area contributed by atoms with Gasteiger partial charge in [-0.1, -0.05) is 60.7 Å². The van der Waals surface area contributed by atoms with Crippen LogP contribution in [0.4, 0.5) is 34.1 Å². The maximum absolute atomic E-state index is 9.67. The standard InChI is InChI=1S/C62H37N9/c63-38-42-11-19-46(20-12-42)58-37-59(68-62(67-58)48-21-13-43(39-64)14-22-48)47-23-29-53(30-24-47)71-60-33-31-54(69(49-7-3-1-4-8-49)50-9-5-2-6-10-50)35-56(60)57-36-55(32-34-61(57)71)70(51-25-15-44(40-65)16-26-51)52-27-17-45(41-66)18-28-52/h1-37H. The van der Waals surface area contributed by atoms with Crippen LogP contribution in [-0.2, 0) is 0 Å². The van der Waals surface area contributed by atoms with Gasteiger partial charge < -0.3 is 14.4 Å². The topological polar surface area (TPSA) is 132 Å². The molecule has 9 heteroatoms. The molecule has 0 saturated carbocycles. The highest BCUT2D eigenvalue weighted by molar-refractivity contribution is 6.12. The molecule has 330 valence electrons. The van der Waals surface area contributed by atoms with E-state index >= 15 is 0 Å². The van der Waals surface area contributed by atoms with Crippen molar-refractivity contribution in [2.75, 3.05) is 9.80 Å². The van der Waals surface area contributed by atoms with Crippen LogP contribution in [-0.4, -0.2) is 14.5 Å². The van der Waals surface area contributed by atoms with Crippen LogP contribution in [0, 0.1) is 45.3 Å². The minimum absolute atomic E-state index is 0.514. The molecule has 9 aromatic carbocycles. The molecule has 0 radical (unpaired) electrons. The molecule has 0 bridgehead atoms. The highest BCUT2D eigenvalue weighted by atomic mass is 15.1. The van der Waals surface area contributed by atoms with Gasteiger partial charge in [0, 0.05) is 67.3 Å². The van der Waals surface area contributed by atoms with E-state index in [1.807, 2.05) is 91.0 Å². The van der Waals surface area contributed by atoms with E-state index < -0.39 is 0 Å². The Labute approximate surface area is 410 Å². The highest BCUT2D eigenvalue weighted by Crippen LogP contribution is 2.43. The predicted molar refractivity (Wildman–Crippen MR) is 281 cm³/mol. The quantitative estimate of drug-likeness (QED) is 0.132. The van der Waals surface area contributed by atoms with Crippen molar-refractivity contribution < 1.29 is 0 Å². The van der Waals surface area contributed by atoms with Crippen molar-refractivity contribution in [3.05, 3.63) is 247 Å². The summed E-state index contributed by atoms with van der Waals surface area (Å²) >= 11 is 0. The first-order valence-electron chi connectivity index (χ1n) is 22.8. The summed E-state index contributed by atoms with van der Waals surface area (Å²) in [6.07, 6.45) is 0. The van der Waals surface area contributed by atoms with E-state index in [1.165, 1.54) is 0 Å². The Morgan fingerprint density at radius 3 is 1.06 bits per heavy atom. The third kappa shape index (κ3) is 8.32. The van der Waals surface area contributed by atoms with Gasteiger partial charge in [-0.3, -0.25) is 0 Å². The Bertz CT molecular complexity index is 3760. The van der Waals surface area contributed by atoms with Gasteiger partial charge in [-0.05, 0) is 164 Å². The first-order chi connectivity index (χ1) is 35.0. The lowest BCUT2D eigenvalue weighted by Crippen LogP contribution is -2.10. The molecule has 71 heavy (non-hydrogen) atoms. The summed E-state index contributed by atoms with van der Waals surface area (Å²) in [5.41, 5.74) is 14.8. The number of nitrogens with zero attached hydrogens (tertiary/aromatic N) is 9. The van der Waals surface area contributed by atoms with Gasteiger partial charge in [0.15, 0.2) is 5.82 Å². The van der Waals surface area contributed by atoms with E-state index in [4.69, 9.17) is 9.97 Å². The third-order valence-corrected chi connectivity index (χ3v) is 12.5. The highest BCUT2D eigenvalue weighted by Gasteiger charge is 2.21. The molecule has 0 unspecified atom stereocenters. The maximum atomic E-state index is 9.67. The Morgan fingerprint density at radius 2 is 0.662 bits per heavy atom. The van der Waals surface area contributed by atoms with Crippen LogP contribution in [0.2, 0.25) is 0 Å². The SMILES string of the molecule is N#Cc1ccc(-c2cc(-c3ccc(-n4c5ccc(N(c6ccccc6)c6ccccc6)cc5c5cc(N(c6ccc(C#N)cc6)c6ccc(C#N)cc6)ccc54)cc3)nc(-c3ccc(C#N)cc3)n2)cc1. The lowest BCUT2D eigenvalue weighted by molar-refractivity contribution is 1.17. The van der Waals surface area contributed by atoms with Crippen LogP contribution in [0.15, 0.2) is 224 Å². The number of anilines is 6. The molecular formula is C62H37N9. The van der Waals surface area contributed by atoms with Crippen LogP contribution in [0.25, 0.3) is 61.4 Å². The number of rotatable bonds is 10. The molecule has 0 aliphatic carbocycles. The van der Waals surface area contributed by atoms with Crippen LogP contribution < -0.4 is 9.80 Å². The number of benzene rings is 9. The van der Waals surface area contributed by atoms with Crippen molar-refractivity contribution in [3.63, 3.8) is 0 Å². The fourth-order valence-electron chi connectivity index (χ4n) is 9.04. The third-order valence-electron chi connectivity index (χ3n) is 12.5. The van der Waals surface area contributed by atoms with Gasteiger partial charge >= 0.3 is 0 Å². The van der Waals surface area contributed by atoms with Crippen LogP contribution in [0.1, 0.15) is 22.3 Å². The maximum Gasteiger partial charge on any atom is 0.160 e. The molecule has 0 N–H and O–H groups in total. The molecule has 0 spiro atoms. The van der Waals surface area contributed by atoms with Crippen LogP contribution >= 0.6 is 0 Å². The fourth-order valence-corrected chi connectivity index (χ4v) is 9.04. The normalized spacial score (nSPS) is 10.8. The minimum atomic E-state index is 0.514. The van der Waals surface area contributed by atoms with Crippen LogP contribution in [0.3, 0.4) is 0 Å². The van der Waals surface area contributed by atoms with Gasteiger partial charge in [0.1, 0.15) is 0 Å². The summed E-state index contributed by atoms with van der Waals surface area (Å²) < 4.78 is 2.29. The summed E-state index contributed by atoms with van der Waals surface area (Å²) in [5, 5.41) is 40.4. The van der Waals surface area contributed by atoms with Gasteiger partial charge in [0.25, 0.3) is 0 Å². The molecule has 2 heterocycles. The number of aromatic nitrogens is 3. The van der Waals surface area contributed by atoms with Crippen molar-refractivity contribution in [1.29, 1.82) is 21.0 Å². The largest absolute Gasteiger partial charge is 0.310 e. The Kier molecular flexibility index (Phi) is 11.3. The van der Waals surface area contributed by atoms with Crippen molar-refractivity contribution >= 4 is 55.9 Å². The molecule has 2 aromatic heterocycles. The van der Waals surface area contributed by atoms with Crippen molar-refractivity contribution in [2.45, 2.75) is 0 Å². The van der Waals surface area contributed by atoms with Gasteiger partial charge in [-0.15, -0.1) is 0 Å². The van der Waals surface area contributed by atoms with E-state index in [0.717, 1.165) is 84.0 Å². The first-order valence-corrected chi connectivity index (χ1v) is 22.8. The van der Waals surface area contributed by atoms with Crippen molar-refractivity contribution in [3.8, 4) is 63.9 Å². The second-order valence-corrected chi connectivity index (χ2v) is 16.8. The Hall–Kier alpha value is -10.6. The monoisotopic (exact) mass is 907 g/mol. The van der Waals surface area contributed by atoms with E-state index in [0.29, 0.717) is 33.8 Å². The molecule has 0 saturated heterocycles. The molecule has 0 aliphatic rings. The average Bonchev–Trinajstić information content (AvgIpc) is 3.77. The van der Waals surface area contributed by atoms with Gasteiger partial charge in [-0.25, -0.2) is 9.97 Å².